The third-order valence-corrected chi connectivity index (χ3v) is 1.90. The lowest BCUT2D eigenvalue weighted by molar-refractivity contribution is 0.405. The molecule has 3 N–H and O–H groups in total. The van der Waals surface area contributed by atoms with Crippen molar-refractivity contribution < 1.29 is 0 Å². The van der Waals surface area contributed by atoms with Gasteiger partial charge in [0.2, 0.25) is 0 Å². The number of nitrogens with one attached hydrogen (secondary N) is 1. The summed E-state index contributed by atoms with van der Waals surface area (Å²) in [6.45, 7) is 2.05. The predicted molar refractivity (Wildman–Crippen MR) is 60.3 cm³/mol. The van der Waals surface area contributed by atoms with Crippen LogP contribution in [-0.4, -0.2) is 37.1 Å². The zero-order valence-corrected chi connectivity index (χ0v) is 8.83. The van der Waals surface area contributed by atoms with E-state index >= 15 is 0 Å². The zero-order chi connectivity index (χ0) is 10.4. The second-order valence-corrected chi connectivity index (χ2v) is 3.56. The molecule has 0 bridgehead atoms. The fourth-order valence-electron chi connectivity index (χ4n) is 1.14. The van der Waals surface area contributed by atoms with E-state index in [0.29, 0.717) is 5.82 Å². The minimum Gasteiger partial charge on any atom is -0.384 e. The van der Waals surface area contributed by atoms with Crippen molar-refractivity contribution in [2.24, 2.45) is 0 Å². The van der Waals surface area contributed by atoms with Crippen molar-refractivity contribution in [3.8, 4) is 0 Å². The second-order valence-electron chi connectivity index (χ2n) is 3.56. The van der Waals surface area contributed by atoms with Crippen LogP contribution in [0.4, 0.5) is 11.5 Å². The number of rotatable bonds is 5. The Bertz CT molecular complexity index is 255. The number of nitrogens with two attached hydrogens (primary N) is 1. The van der Waals surface area contributed by atoms with Crippen LogP contribution in [0.15, 0.2) is 18.3 Å². The smallest absolute Gasteiger partial charge is 0.123 e. The van der Waals surface area contributed by atoms with Gasteiger partial charge in [-0.3, -0.25) is 0 Å². The average molecular weight is 194 g/mol. The van der Waals surface area contributed by atoms with Crippen LogP contribution in [-0.2, 0) is 0 Å². The van der Waals surface area contributed by atoms with Crippen molar-refractivity contribution in [3.05, 3.63) is 18.3 Å². The van der Waals surface area contributed by atoms with Crippen molar-refractivity contribution in [2.45, 2.75) is 6.42 Å². The molecule has 1 aromatic heterocycles. The minimum atomic E-state index is 0.559. The van der Waals surface area contributed by atoms with Crippen molar-refractivity contribution in [3.63, 3.8) is 0 Å². The molecule has 0 fully saturated rings. The number of nitrogen functional groups attached to an aromatic ring is 1. The summed E-state index contributed by atoms with van der Waals surface area (Å²) in [6.07, 6.45) is 2.88. The van der Waals surface area contributed by atoms with Gasteiger partial charge in [0.1, 0.15) is 5.82 Å². The molecule has 78 valence electrons. The van der Waals surface area contributed by atoms with E-state index in [2.05, 4.69) is 29.3 Å². The van der Waals surface area contributed by atoms with E-state index in [1.807, 2.05) is 6.07 Å². The first-order valence-corrected chi connectivity index (χ1v) is 4.78. The number of anilines is 2. The first-order valence-electron chi connectivity index (χ1n) is 4.78. The highest BCUT2D eigenvalue weighted by molar-refractivity contribution is 5.45. The fourth-order valence-corrected chi connectivity index (χ4v) is 1.14. The van der Waals surface area contributed by atoms with E-state index in [1.165, 1.54) is 0 Å². The summed E-state index contributed by atoms with van der Waals surface area (Å²) in [6, 6.07) is 3.74. The number of hydrogen-bond donors (Lipinski definition) is 2. The van der Waals surface area contributed by atoms with Crippen molar-refractivity contribution in [1.82, 2.24) is 9.88 Å². The van der Waals surface area contributed by atoms with Crippen LogP contribution in [0, 0.1) is 0 Å². The molecule has 0 aliphatic rings. The molecule has 0 aliphatic heterocycles. The molecule has 4 heteroatoms. The van der Waals surface area contributed by atoms with Gasteiger partial charge in [0, 0.05) is 6.54 Å². The maximum absolute atomic E-state index is 5.48. The van der Waals surface area contributed by atoms with E-state index in [9.17, 15) is 0 Å². The van der Waals surface area contributed by atoms with Gasteiger partial charge in [-0.05, 0) is 39.2 Å². The highest BCUT2D eigenvalue weighted by Gasteiger charge is 1.93. The van der Waals surface area contributed by atoms with E-state index in [4.69, 9.17) is 5.73 Å². The monoisotopic (exact) mass is 194 g/mol. The topological polar surface area (TPSA) is 54.2 Å². The quantitative estimate of drug-likeness (QED) is 0.687. The molecular weight excluding hydrogens is 176 g/mol. The lowest BCUT2D eigenvalue weighted by Crippen LogP contribution is -2.16. The number of nitrogens with zero attached hydrogens (tertiary/aromatic N) is 2. The molecule has 0 saturated carbocycles. The number of pyridine rings is 1. The molecule has 4 nitrogen and oxygen atoms in total. The molecule has 14 heavy (non-hydrogen) atoms. The van der Waals surface area contributed by atoms with E-state index < -0.39 is 0 Å². The maximum atomic E-state index is 5.48. The van der Waals surface area contributed by atoms with Gasteiger partial charge < -0.3 is 16.0 Å². The van der Waals surface area contributed by atoms with Crippen LogP contribution in [0.1, 0.15) is 6.42 Å². The molecule has 0 unspecified atom stereocenters. The Labute approximate surface area is 85.1 Å². The largest absolute Gasteiger partial charge is 0.384 e. The van der Waals surface area contributed by atoms with Crippen molar-refractivity contribution >= 4 is 11.5 Å². The van der Waals surface area contributed by atoms with Crippen LogP contribution >= 0.6 is 0 Å². The SMILES string of the molecule is CN(C)CCCNc1ccc(N)nc1. The lowest BCUT2D eigenvalue weighted by atomic mass is 10.3. The first kappa shape index (κ1) is 10.8. The molecule has 1 rings (SSSR count). The molecule has 0 aliphatic carbocycles. The molecule has 0 radical (unpaired) electrons. The van der Waals surface area contributed by atoms with Gasteiger partial charge >= 0.3 is 0 Å². The van der Waals surface area contributed by atoms with Crippen molar-refractivity contribution in [2.75, 3.05) is 38.2 Å². The molecular formula is C10H18N4. The number of hydrogen-bond acceptors (Lipinski definition) is 4. The Balaban J connectivity index is 2.21. The third kappa shape index (κ3) is 4.09. The summed E-state index contributed by atoms with van der Waals surface area (Å²) in [5, 5.41) is 3.28. The summed E-state index contributed by atoms with van der Waals surface area (Å²) < 4.78 is 0. The van der Waals surface area contributed by atoms with Gasteiger partial charge in [-0.15, -0.1) is 0 Å². The minimum absolute atomic E-state index is 0.559. The highest BCUT2D eigenvalue weighted by atomic mass is 15.1. The molecule has 0 spiro atoms. The highest BCUT2D eigenvalue weighted by Crippen LogP contribution is 2.06. The Hall–Kier alpha value is -1.29. The zero-order valence-electron chi connectivity index (χ0n) is 8.83. The molecule has 0 amide bonds. The van der Waals surface area contributed by atoms with Crippen LogP contribution < -0.4 is 11.1 Å². The lowest BCUT2D eigenvalue weighted by Gasteiger charge is -2.10. The van der Waals surface area contributed by atoms with Crippen LogP contribution in [0.3, 0.4) is 0 Å². The normalized spacial score (nSPS) is 10.5. The summed E-state index contributed by atoms with van der Waals surface area (Å²) in [5.74, 6) is 0.559. The van der Waals surface area contributed by atoms with Gasteiger partial charge in [-0.2, -0.15) is 0 Å². The predicted octanol–water partition coefficient (Wildman–Crippen LogP) is 1.03. The summed E-state index contributed by atoms with van der Waals surface area (Å²) >= 11 is 0. The molecule has 1 aromatic rings. The molecule has 0 saturated heterocycles. The van der Waals surface area contributed by atoms with Crippen molar-refractivity contribution in [1.29, 1.82) is 0 Å². The Kier molecular flexibility index (Phi) is 4.19. The molecule has 1 heterocycles. The average Bonchev–Trinajstić information content (AvgIpc) is 2.15. The van der Waals surface area contributed by atoms with Gasteiger partial charge in [0.15, 0.2) is 0 Å². The second kappa shape index (κ2) is 5.44. The van der Waals surface area contributed by atoms with Crippen LogP contribution in [0.5, 0.6) is 0 Å². The van der Waals surface area contributed by atoms with Gasteiger partial charge in [-0.1, -0.05) is 0 Å². The Morgan fingerprint density at radius 1 is 1.43 bits per heavy atom. The van der Waals surface area contributed by atoms with E-state index in [1.54, 1.807) is 12.3 Å². The summed E-state index contributed by atoms with van der Waals surface area (Å²) in [5.41, 5.74) is 6.50. The van der Waals surface area contributed by atoms with Crippen LogP contribution in [0.2, 0.25) is 0 Å². The van der Waals surface area contributed by atoms with Crippen LogP contribution in [0.25, 0.3) is 0 Å². The van der Waals surface area contributed by atoms with E-state index in [0.717, 1.165) is 25.2 Å². The number of aromatic nitrogens is 1. The Morgan fingerprint density at radius 2 is 2.21 bits per heavy atom. The maximum Gasteiger partial charge on any atom is 0.123 e. The van der Waals surface area contributed by atoms with E-state index in [-0.39, 0.29) is 0 Å². The summed E-state index contributed by atoms with van der Waals surface area (Å²) in [7, 11) is 4.15. The molecule has 0 aromatic carbocycles. The van der Waals surface area contributed by atoms with Gasteiger partial charge in [0.25, 0.3) is 0 Å². The fraction of sp³-hybridized carbons (Fsp3) is 0.500. The van der Waals surface area contributed by atoms with Gasteiger partial charge in [-0.25, -0.2) is 4.98 Å². The summed E-state index contributed by atoms with van der Waals surface area (Å²) in [4.78, 5) is 6.17. The van der Waals surface area contributed by atoms with Gasteiger partial charge in [0.05, 0.1) is 11.9 Å². The molecule has 0 atom stereocenters. The standard InChI is InChI=1S/C10H18N4/c1-14(2)7-3-6-12-9-4-5-10(11)13-8-9/h4-5,8,12H,3,6-7H2,1-2H3,(H2,11,13). The Morgan fingerprint density at radius 3 is 2.79 bits per heavy atom. The third-order valence-electron chi connectivity index (χ3n) is 1.90. The first-order chi connectivity index (χ1) is 6.68.